The van der Waals surface area contributed by atoms with Crippen LogP contribution < -0.4 is 5.32 Å². The number of Topliss-reactive ketones (excluding diaryl/α,β-unsaturated/α-hetero) is 1. The van der Waals surface area contributed by atoms with Crippen molar-refractivity contribution >= 4 is 40.5 Å². The maximum absolute atomic E-state index is 12.3. The number of carbonyl (C=O) groups is 1. The fraction of sp³-hybridized carbons (Fsp3) is 0.333. The minimum atomic E-state index is -0.0303. The molecular formula is C15H15Cl2N3O. The Morgan fingerprint density at radius 1 is 1.24 bits per heavy atom. The zero-order valence-electron chi connectivity index (χ0n) is 11.8. The van der Waals surface area contributed by atoms with E-state index in [2.05, 4.69) is 29.4 Å². The van der Waals surface area contributed by atoms with Gasteiger partial charge in [0, 0.05) is 17.8 Å². The van der Waals surface area contributed by atoms with E-state index < -0.39 is 0 Å². The van der Waals surface area contributed by atoms with Crippen LogP contribution in [0.15, 0.2) is 18.2 Å². The number of aromatic amines is 1. The number of hydrogen-bond acceptors (Lipinski definition) is 3. The number of carbonyl (C=O) groups excluding carboxylic acids is 1. The molecule has 0 amide bonds. The Kier molecular flexibility index (Phi) is 3.46. The fourth-order valence-corrected chi connectivity index (χ4v) is 2.97. The highest BCUT2D eigenvalue weighted by Gasteiger charge is 2.34. The van der Waals surface area contributed by atoms with E-state index in [0.717, 1.165) is 17.8 Å². The second-order valence-electron chi connectivity index (χ2n) is 6.12. The molecule has 0 fully saturated rings. The molecule has 4 nitrogen and oxygen atoms in total. The van der Waals surface area contributed by atoms with E-state index in [0.29, 0.717) is 27.8 Å². The highest BCUT2D eigenvalue weighted by Crippen LogP contribution is 2.37. The Morgan fingerprint density at radius 2 is 2.00 bits per heavy atom. The number of halogens is 2. The first-order valence-corrected chi connectivity index (χ1v) is 7.44. The summed E-state index contributed by atoms with van der Waals surface area (Å²) in [4.78, 5) is 12.3. The van der Waals surface area contributed by atoms with Gasteiger partial charge < -0.3 is 5.32 Å². The summed E-state index contributed by atoms with van der Waals surface area (Å²) >= 11 is 11.9. The Morgan fingerprint density at radius 3 is 2.71 bits per heavy atom. The van der Waals surface area contributed by atoms with Crippen LogP contribution in [0.4, 0.5) is 11.5 Å². The van der Waals surface area contributed by atoms with Crippen LogP contribution >= 0.6 is 23.2 Å². The predicted octanol–water partition coefficient (Wildman–Crippen LogP) is 4.62. The number of nitrogens with zero attached hydrogens (tertiary/aromatic N) is 1. The Balaban J connectivity index is 1.93. The number of aromatic nitrogens is 2. The van der Waals surface area contributed by atoms with Gasteiger partial charge in [-0.25, -0.2) is 0 Å². The van der Waals surface area contributed by atoms with Gasteiger partial charge in [0.2, 0.25) is 0 Å². The lowest BCUT2D eigenvalue weighted by molar-refractivity contribution is 0.0912. The van der Waals surface area contributed by atoms with Gasteiger partial charge in [-0.1, -0.05) is 37.0 Å². The minimum absolute atomic E-state index is 0.0303. The van der Waals surface area contributed by atoms with E-state index in [1.54, 1.807) is 18.2 Å². The van der Waals surface area contributed by atoms with Gasteiger partial charge in [-0.05, 0) is 30.0 Å². The second-order valence-corrected chi connectivity index (χ2v) is 6.93. The van der Waals surface area contributed by atoms with Gasteiger partial charge >= 0.3 is 0 Å². The summed E-state index contributed by atoms with van der Waals surface area (Å²) in [5.41, 5.74) is 2.26. The summed E-state index contributed by atoms with van der Waals surface area (Å²) in [6, 6.07) is 5.21. The van der Waals surface area contributed by atoms with E-state index in [4.69, 9.17) is 23.2 Å². The van der Waals surface area contributed by atoms with Crippen molar-refractivity contribution < 1.29 is 4.79 Å². The summed E-state index contributed by atoms with van der Waals surface area (Å²) in [7, 11) is 0. The van der Waals surface area contributed by atoms with Crippen LogP contribution in [0.1, 0.15) is 36.3 Å². The summed E-state index contributed by atoms with van der Waals surface area (Å²) < 4.78 is 0. The Bertz CT molecular complexity index is 722. The van der Waals surface area contributed by atoms with Crippen LogP contribution in [0.3, 0.4) is 0 Å². The molecule has 1 heterocycles. The van der Waals surface area contributed by atoms with Crippen molar-refractivity contribution in [1.29, 1.82) is 0 Å². The molecule has 0 atom stereocenters. The number of H-pyrrole nitrogens is 1. The molecule has 110 valence electrons. The number of anilines is 2. The first-order valence-electron chi connectivity index (χ1n) is 6.68. The SMILES string of the molecule is CC1(C)CC(=O)c2c(Nc3ccc(Cl)c(Cl)c3)n[nH]c2C1. The molecule has 2 N–H and O–H groups in total. The fourth-order valence-electron chi connectivity index (χ4n) is 2.67. The number of hydrogen-bond donors (Lipinski definition) is 2. The topological polar surface area (TPSA) is 57.8 Å². The standard InChI is InChI=1S/C15H15Cl2N3O/c1-15(2)6-11-13(12(21)7-15)14(20-19-11)18-8-3-4-9(16)10(17)5-8/h3-5H,6-7H2,1-2H3,(H2,18,19,20). The van der Waals surface area contributed by atoms with Crippen molar-refractivity contribution in [1.82, 2.24) is 10.2 Å². The van der Waals surface area contributed by atoms with E-state index >= 15 is 0 Å². The molecule has 1 aliphatic rings. The Labute approximate surface area is 132 Å². The highest BCUT2D eigenvalue weighted by molar-refractivity contribution is 6.42. The van der Waals surface area contributed by atoms with Crippen LogP contribution in [-0.4, -0.2) is 16.0 Å². The van der Waals surface area contributed by atoms with Crippen LogP contribution in [0.2, 0.25) is 10.0 Å². The minimum Gasteiger partial charge on any atom is -0.338 e. The molecule has 21 heavy (non-hydrogen) atoms. The molecule has 2 aromatic rings. The maximum Gasteiger partial charge on any atom is 0.169 e. The van der Waals surface area contributed by atoms with Crippen molar-refractivity contribution in [2.75, 3.05) is 5.32 Å². The Hall–Kier alpha value is -1.52. The monoisotopic (exact) mass is 323 g/mol. The molecule has 1 aromatic heterocycles. The second kappa shape index (κ2) is 5.04. The molecular weight excluding hydrogens is 309 g/mol. The number of fused-ring (bicyclic) bond motifs is 1. The molecule has 0 unspecified atom stereocenters. The van der Waals surface area contributed by atoms with Crippen molar-refractivity contribution in [3.05, 3.63) is 39.5 Å². The highest BCUT2D eigenvalue weighted by atomic mass is 35.5. The predicted molar refractivity (Wildman–Crippen MR) is 84.8 cm³/mol. The number of nitrogens with one attached hydrogen (secondary N) is 2. The van der Waals surface area contributed by atoms with Crippen molar-refractivity contribution in [2.24, 2.45) is 5.41 Å². The smallest absolute Gasteiger partial charge is 0.169 e. The van der Waals surface area contributed by atoms with Gasteiger partial charge in [0.25, 0.3) is 0 Å². The van der Waals surface area contributed by atoms with Gasteiger partial charge in [-0.3, -0.25) is 9.89 Å². The lowest BCUT2D eigenvalue weighted by atomic mass is 9.76. The third-order valence-corrected chi connectivity index (χ3v) is 4.34. The average Bonchev–Trinajstić information content (AvgIpc) is 2.75. The summed E-state index contributed by atoms with van der Waals surface area (Å²) in [6.45, 7) is 4.17. The van der Waals surface area contributed by atoms with Gasteiger partial charge in [0.05, 0.1) is 15.6 Å². The van der Waals surface area contributed by atoms with Crippen LogP contribution in [0, 0.1) is 5.41 Å². The molecule has 0 spiro atoms. The van der Waals surface area contributed by atoms with Gasteiger partial charge in [-0.2, -0.15) is 5.10 Å². The van der Waals surface area contributed by atoms with Gasteiger partial charge in [-0.15, -0.1) is 0 Å². The zero-order chi connectivity index (χ0) is 15.2. The van der Waals surface area contributed by atoms with Gasteiger partial charge in [0.15, 0.2) is 11.6 Å². The zero-order valence-corrected chi connectivity index (χ0v) is 13.3. The number of benzene rings is 1. The largest absolute Gasteiger partial charge is 0.338 e. The quantitative estimate of drug-likeness (QED) is 0.848. The van der Waals surface area contributed by atoms with Crippen molar-refractivity contribution in [2.45, 2.75) is 26.7 Å². The van der Waals surface area contributed by atoms with E-state index in [1.165, 1.54) is 0 Å². The third-order valence-electron chi connectivity index (χ3n) is 3.60. The third kappa shape index (κ3) is 2.78. The molecule has 0 saturated heterocycles. The van der Waals surface area contributed by atoms with E-state index in [9.17, 15) is 4.79 Å². The van der Waals surface area contributed by atoms with E-state index in [-0.39, 0.29) is 11.2 Å². The number of ketones is 1. The lowest BCUT2D eigenvalue weighted by Gasteiger charge is -2.27. The average molecular weight is 324 g/mol. The first kappa shape index (κ1) is 14.4. The van der Waals surface area contributed by atoms with E-state index in [1.807, 2.05) is 0 Å². The number of rotatable bonds is 2. The van der Waals surface area contributed by atoms with Crippen LogP contribution in [-0.2, 0) is 6.42 Å². The van der Waals surface area contributed by atoms with Gasteiger partial charge in [0.1, 0.15) is 0 Å². The summed E-state index contributed by atoms with van der Waals surface area (Å²) in [6.07, 6.45) is 1.33. The molecule has 0 radical (unpaired) electrons. The van der Waals surface area contributed by atoms with Crippen LogP contribution in [0.25, 0.3) is 0 Å². The maximum atomic E-state index is 12.3. The normalized spacial score (nSPS) is 16.7. The molecule has 0 bridgehead atoms. The molecule has 6 heteroatoms. The van der Waals surface area contributed by atoms with Crippen LogP contribution in [0.5, 0.6) is 0 Å². The van der Waals surface area contributed by atoms with Crippen molar-refractivity contribution in [3.8, 4) is 0 Å². The molecule has 0 saturated carbocycles. The van der Waals surface area contributed by atoms with Crippen molar-refractivity contribution in [3.63, 3.8) is 0 Å². The summed E-state index contributed by atoms with van der Waals surface area (Å²) in [5, 5.41) is 11.3. The molecule has 1 aromatic carbocycles. The summed E-state index contributed by atoms with van der Waals surface area (Å²) in [5.74, 6) is 0.654. The molecule has 1 aliphatic carbocycles. The molecule has 0 aliphatic heterocycles. The molecule has 3 rings (SSSR count). The lowest BCUT2D eigenvalue weighted by Crippen LogP contribution is -2.26. The first-order chi connectivity index (χ1) is 9.85.